The van der Waals surface area contributed by atoms with E-state index in [9.17, 15) is 5.11 Å². The van der Waals surface area contributed by atoms with Gasteiger partial charge in [0.15, 0.2) is 11.5 Å². The highest BCUT2D eigenvalue weighted by molar-refractivity contribution is 5.41. The van der Waals surface area contributed by atoms with Gasteiger partial charge in [-0.3, -0.25) is 4.90 Å². The number of likely N-dealkylation sites (N-methyl/N-ethyl adjacent to an activating group) is 1. The van der Waals surface area contributed by atoms with Crippen LogP contribution in [0.4, 0.5) is 0 Å². The molecule has 0 atom stereocenters. The van der Waals surface area contributed by atoms with Crippen molar-refractivity contribution in [1.82, 2.24) is 10.2 Å². The van der Waals surface area contributed by atoms with Crippen LogP contribution in [0.1, 0.15) is 32.3 Å². The minimum absolute atomic E-state index is 0.210. The van der Waals surface area contributed by atoms with Gasteiger partial charge in [-0.05, 0) is 44.0 Å². The van der Waals surface area contributed by atoms with Crippen LogP contribution in [0.25, 0.3) is 0 Å². The van der Waals surface area contributed by atoms with Crippen LogP contribution in [0.2, 0.25) is 0 Å². The van der Waals surface area contributed by atoms with E-state index < -0.39 is 0 Å². The molecule has 112 valence electrons. The van der Waals surface area contributed by atoms with Crippen molar-refractivity contribution in [3.05, 3.63) is 23.8 Å². The number of phenolic OH excluding ortho intramolecular Hbond substituents is 1. The van der Waals surface area contributed by atoms with Gasteiger partial charge >= 0.3 is 0 Å². The summed E-state index contributed by atoms with van der Waals surface area (Å²) in [4.78, 5) is 2.54. The summed E-state index contributed by atoms with van der Waals surface area (Å²) < 4.78 is 5.39. The number of hydrogen-bond donors (Lipinski definition) is 2. The van der Waals surface area contributed by atoms with E-state index in [1.165, 1.54) is 12.8 Å². The normalized spacial score (nSPS) is 14.8. The summed E-state index contributed by atoms with van der Waals surface area (Å²) >= 11 is 0. The highest BCUT2D eigenvalue weighted by Crippen LogP contribution is 2.27. The molecule has 1 saturated carbocycles. The standard InChI is InChI=1S/C16H26N2O2/c1-3-18(14-6-7-14)10-9-17-12-13-5-8-15(19)16(11-13)20-4-2/h5,8,11,14,17,19H,3-4,6-7,9-10,12H2,1-2H3. The molecule has 4 nitrogen and oxygen atoms in total. The van der Waals surface area contributed by atoms with Gasteiger partial charge in [0.2, 0.25) is 0 Å². The number of rotatable bonds is 9. The fourth-order valence-corrected chi connectivity index (χ4v) is 2.43. The molecule has 1 aliphatic carbocycles. The van der Waals surface area contributed by atoms with E-state index in [1.807, 2.05) is 19.1 Å². The van der Waals surface area contributed by atoms with Crippen LogP contribution in [0.15, 0.2) is 18.2 Å². The molecular weight excluding hydrogens is 252 g/mol. The van der Waals surface area contributed by atoms with Crippen LogP contribution >= 0.6 is 0 Å². The molecule has 2 rings (SSSR count). The molecule has 0 heterocycles. The lowest BCUT2D eigenvalue weighted by molar-refractivity contribution is 0.277. The molecule has 0 unspecified atom stereocenters. The number of benzene rings is 1. The van der Waals surface area contributed by atoms with Gasteiger partial charge in [-0.1, -0.05) is 13.0 Å². The zero-order valence-corrected chi connectivity index (χ0v) is 12.6. The second-order valence-electron chi connectivity index (χ2n) is 5.27. The average molecular weight is 278 g/mol. The summed E-state index contributed by atoms with van der Waals surface area (Å²) in [5, 5.41) is 13.1. The summed E-state index contributed by atoms with van der Waals surface area (Å²) in [7, 11) is 0. The number of nitrogens with zero attached hydrogens (tertiary/aromatic N) is 1. The number of nitrogens with one attached hydrogen (secondary N) is 1. The quantitative estimate of drug-likeness (QED) is 0.681. The van der Waals surface area contributed by atoms with Crippen molar-refractivity contribution in [3.8, 4) is 11.5 Å². The fraction of sp³-hybridized carbons (Fsp3) is 0.625. The number of phenols is 1. The zero-order valence-electron chi connectivity index (χ0n) is 12.6. The molecule has 20 heavy (non-hydrogen) atoms. The van der Waals surface area contributed by atoms with E-state index in [0.29, 0.717) is 12.4 Å². The van der Waals surface area contributed by atoms with Crippen molar-refractivity contribution >= 4 is 0 Å². The highest BCUT2D eigenvalue weighted by atomic mass is 16.5. The summed E-state index contributed by atoms with van der Waals surface area (Å²) in [5.41, 5.74) is 1.14. The summed E-state index contributed by atoms with van der Waals surface area (Å²) in [6.45, 7) is 8.76. The molecule has 1 aliphatic rings. The maximum atomic E-state index is 9.66. The SMILES string of the molecule is CCOc1cc(CNCCN(CC)C2CC2)ccc1O. The first kappa shape index (κ1) is 15.1. The maximum absolute atomic E-state index is 9.66. The van der Waals surface area contributed by atoms with Crippen LogP contribution in [0.3, 0.4) is 0 Å². The molecule has 2 N–H and O–H groups in total. The number of aromatic hydroxyl groups is 1. The van der Waals surface area contributed by atoms with Gasteiger partial charge < -0.3 is 15.2 Å². The molecule has 0 aliphatic heterocycles. The minimum Gasteiger partial charge on any atom is -0.504 e. The fourth-order valence-electron chi connectivity index (χ4n) is 2.43. The van der Waals surface area contributed by atoms with Crippen molar-refractivity contribution in [2.24, 2.45) is 0 Å². The van der Waals surface area contributed by atoms with E-state index >= 15 is 0 Å². The van der Waals surface area contributed by atoms with Crippen LogP contribution in [-0.2, 0) is 6.54 Å². The third kappa shape index (κ3) is 4.39. The van der Waals surface area contributed by atoms with Crippen molar-refractivity contribution in [3.63, 3.8) is 0 Å². The van der Waals surface area contributed by atoms with Crippen LogP contribution < -0.4 is 10.1 Å². The lowest BCUT2D eigenvalue weighted by Crippen LogP contribution is -2.33. The predicted molar refractivity (Wildman–Crippen MR) is 81.3 cm³/mol. The first-order valence-corrected chi connectivity index (χ1v) is 7.64. The lowest BCUT2D eigenvalue weighted by Gasteiger charge is -2.19. The Morgan fingerprint density at radius 1 is 1.35 bits per heavy atom. The van der Waals surface area contributed by atoms with E-state index in [2.05, 4.69) is 17.1 Å². The summed E-state index contributed by atoms with van der Waals surface area (Å²) in [6.07, 6.45) is 2.73. The minimum atomic E-state index is 0.210. The Bertz CT molecular complexity index is 419. The molecule has 0 aromatic heterocycles. The van der Waals surface area contributed by atoms with Crippen molar-refractivity contribution in [2.75, 3.05) is 26.2 Å². The summed E-state index contributed by atoms with van der Waals surface area (Å²) in [5.74, 6) is 0.779. The van der Waals surface area contributed by atoms with E-state index in [1.54, 1.807) is 6.07 Å². The number of hydrogen-bond acceptors (Lipinski definition) is 4. The van der Waals surface area contributed by atoms with E-state index in [0.717, 1.165) is 37.8 Å². The molecule has 0 spiro atoms. The molecule has 0 amide bonds. The molecule has 0 radical (unpaired) electrons. The first-order chi connectivity index (χ1) is 9.74. The third-order valence-electron chi connectivity index (χ3n) is 3.70. The Labute approximate surface area is 121 Å². The van der Waals surface area contributed by atoms with Crippen molar-refractivity contribution in [2.45, 2.75) is 39.3 Å². The Hall–Kier alpha value is -1.26. The smallest absolute Gasteiger partial charge is 0.161 e. The maximum Gasteiger partial charge on any atom is 0.161 e. The van der Waals surface area contributed by atoms with Gasteiger partial charge in [-0.15, -0.1) is 0 Å². The molecule has 4 heteroatoms. The molecule has 1 aromatic rings. The Kier molecular flexibility index (Phi) is 5.68. The van der Waals surface area contributed by atoms with Gasteiger partial charge in [0.05, 0.1) is 6.61 Å². The average Bonchev–Trinajstić information content (AvgIpc) is 3.27. The second-order valence-corrected chi connectivity index (χ2v) is 5.27. The Morgan fingerprint density at radius 3 is 2.80 bits per heavy atom. The molecule has 1 aromatic carbocycles. The monoisotopic (exact) mass is 278 g/mol. The van der Waals surface area contributed by atoms with Gasteiger partial charge in [0.25, 0.3) is 0 Å². The van der Waals surface area contributed by atoms with Crippen LogP contribution in [-0.4, -0.2) is 42.3 Å². The predicted octanol–water partition coefficient (Wildman–Crippen LogP) is 2.36. The molecule has 0 bridgehead atoms. The van der Waals surface area contributed by atoms with Gasteiger partial charge in [0.1, 0.15) is 0 Å². The van der Waals surface area contributed by atoms with E-state index in [4.69, 9.17) is 4.74 Å². The number of ether oxygens (including phenoxy) is 1. The molecule has 1 fully saturated rings. The van der Waals surface area contributed by atoms with Crippen molar-refractivity contribution < 1.29 is 9.84 Å². The zero-order chi connectivity index (χ0) is 14.4. The topological polar surface area (TPSA) is 44.7 Å². The Balaban J connectivity index is 1.74. The van der Waals surface area contributed by atoms with E-state index in [-0.39, 0.29) is 5.75 Å². The molecule has 0 saturated heterocycles. The first-order valence-electron chi connectivity index (χ1n) is 7.64. The van der Waals surface area contributed by atoms with Gasteiger partial charge in [-0.2, -0.15) is 0 Å². The lowest BCUT2D eigenvalue weighted by atomic mass is 10.2. The van der Waals surface area contributed by atoms with Gasteiger partial charge in [0, 0.05) is 25.7 Å². The van der Waals surface area contributed by atoms with Crippen molar-refractivity contribution in [1.29, 1.82) is 0 Å². The highest BCUT2D eigenvalue weighted by Gasteiger charge is 2.26. The third-order valence-corrected chi connectivity index (χ3v) is 3.70. The second kappa shape index (κ2) is 7.50. The Morgan fingerprint density at radius 2 is 2.15 bits per heavy atom. The van der Waals surface area contributed by atoms with Gasteiger partial charge in [-0.25, -0.2) is 0 Å². The van der Waals surface area contributed by atoms with Crippen LogP contribution in [0.5, 0.6) is 11.5 Å². The molecular formula is C16H26N2O2. The summed E-state index contributed by atoms with van der Waals surface area (Å²) in [6, 6.07) is 6.37. The largest absolute Gasteiger partial charge is 0.504 e. The van der Waals surface area contributed by atoms with Crippen LogP contribution in [0, 0.1) is 0 Å².